The second kappa shape index (κ2) is 8.27. The summed E-state index contributed by atoms with van der Waals surface area (Å²) in [7, 11) is 0. The quantitative estimate of drug-likeness (QED) is 0.370. The molecule has 0 spiro atoms. The zero-order valence-electron chi connectivity index (χ0n) is 15.4. The molecule has 28 heavy (non-hydrogen) atoms. The lowest BCUT2D eigenvalue weighted by atomic mass is 10.1. The highest BCUT2D eigenvalue weighted by molar-refractivity contribution is 7.12. The molecule has 9 heteroatoms. The zero-order valence-corrected chi connectivity index (χ0v) is 16.2. The van der Waals surface area contributed by atoms with Crippen LogP contribution in [0.4, 0.5) is 10.2 Å². The Labute approximate surface area is 164 Å². The molecule has 0 radical (unpaired) electrons. The predicted molar refractivity (Wildman–Crippen MR) is 105 cm³/mol. The Hall–Kier alpha value is -3.12. The van der Waals surface area contributed by atoms with Gasteiger partial charge in [0.15, 0.2) is 22.4 Å². The van der Waals surface area contributed by atoms with Crippen LogP contribution < -0.4 is 10.7 Å². The van der Waals surface area contributed by atoms with E-state index in [1.165, 1.54) is 28.2 Å². The maximum Gasteiger partial charge on any atom is 0.267 e. The fraction of sp³-hybridized carbons (Fsp3) is 0.316. The van der Waals surface area contributed by atoms with Gasteiger partial charge in [-0.1, -0.05) is 13.8 Å². The van der Waals surface area contributed by atoms with Crippen molar-refractivity contribution in [2.45, 2.75) is 26.7 Å². The van der Waals surface area contributed by atoms with E-state index in [-0.39, 0.29) is 22.4 Å². The van der Waals surface area contributed by atoms with Crippen molar-refractivity contribution in [3.8, 4) is 11.2 Å². The largest absolute Gasteiger partial charge is 0.368 e. The van der Waals surface area contributed by atoms with Crippen LogP contribution in [0.25, 0.3) is 16.2 Å². The molecule has 0 aromatic carbocycles. The van der Waals surface area contributed by atoms with Crippen LogP contribution >= 0.6 is 11.3 Å². The molecule has 0 aliphatic rings. The third-order valence-electron chi connectivity index (χ3n) is 4.15. The lowest BCUT2D eigenvalue weighted by Gasteiger charge is -2.12. The number of halogens is 1. The van der Waals surface area contributed by atoms with Crippen molar-refractivity contribution in [3.05, 3.63) is 45.4 Å². The van der Waals surface area contributed by atoms with Crippen molar-refractivity contribution in [1.29, 1.82) is 5.26 Å². The number of fused-ring (bicyclic) bond motifs is 1. The molecule has 0 unspecified atom stereocenters. The molecule has 3 rings (SSSR count). The number of anilines is 1. The fourth-order valence-corrected chi connectivity index (χ4v) is 3.39. The maximum absolute atomic E-state index is 14.5. The summed E-state index contributed by atoms with van der Waals surface area (Å²) in [6, 6.07) is 2.48. The summed E-state index contributed by atoms with van der Waals surface area (Å²) < 4.78 is 16.0. The Morgan fingerprint density at radius 3 is 2.89 bits per heavy atom. The standard InChI is InChI=1S/C19H18FN5O2S/c1-11(2)4-3-5-22-17-14(20)8-12-16(27)13(15(26)9-21)10-25(18(12)24-17)19-23-6-7-28-19/h6-8,10-11H,3-5H2,1-2H3,(H,22,24). The summed E-state index contributed by atoms with van der Waals surface area (Å²) >= 11 is 1.26. The van der Waals surface area contributed by atoms with Gasteiger partial charge in [-0.05, 0) is 24.8 Å². The number of aromatic nitrogens is 3. The molecular weight excluding hydrogens is 381 g/mol. The van der Waals surface area contributed by atoms with E-state index < -0.39 is 17.0 Å². The van der Waals surface area contributed by atoms with E-state index in [9.17, 15) is 14.0 Å². The van der Waals surface area contributed by atoms with E-state index >= 15 is 0 Å². The molecule has 3 heterocycles. The zero-order chi connectivity index (χ0) is 20.3. The van der Waals surface area contributed by atoms with E-state index in [0.717, 1.165) is 18.9 Å². The SMILES string of the molecule is CC(C)CCCNc1nc2c(cc1F)c(=O)c(C(=O)C#N)cn2-c1nccs1. The number of hydrogen-bond acceptors (Lipinski definition) is 7. The molecule has 0 fully saturated rings. The summed E-state index contributed by atoms with van der Waals surface area (Å²) in [6.07, 6.45) is 4.64. The highest BCUT2D eigenvalue weighted by Crippen LogP contribution is 2.22. The van der Waals surface area contributed by atoms with E-state index in [0.29, 0.717) is 17.6 Å². The minimum Gasteiger partial charge on any atom is -0.368 e. The van der Waals surface area contributed by atoms with E-state index in [1.54, 1.807) is 11.6 Å². The summed E-state index contributed by atoms with van der Waals surface area (Å²) in [4.78, 5) is 32.9. The van der Waals surface area contributed by atoms with Crippen LogP contribution in [0, 0.1) is 23.1 Å². The maximum atomic E-state index is 14.5. The number of carbonyl (C=O) groups excluding carboxylic acids is 1. The van der Waals surface area contributed by atoms with Gasteiger partial charge in [-0.2, -0.15) is 5.26 Å². The van der Waals surface area contributed by atoms with Gasteiger partial charge in [0.05, 0.1) is 10.9 Å². The molecule has 0 aliphatic carbocycles. The first-order chi connectivity index (χ1) is 13.4. The van der Waals surface area contributed by atoms with Crippen molar-refractivity contribution < 1.29 is 9.18 Å². The molecule has 144 valence electrons. The van der Waals surface area contributed by atoms with Crippen LogP contribution in [-0.2, 0) is 0 Å². The second-order valence-corrected chi connectivity index (χ2v) is 7.52. The predicted octanol–water partition coefficient (Wildman–Crippen LogP) is 3.54. The second-order valence-electron chi connectivity index (χ2n) is 6.65. The molecular formula is C19H18FN5O2S. The normalized spacial score (nSPS) is 11.0. The van der Waals surface area contributed by atoms with Gasteiger partial charge in [-0.3, -0.25) is 14.2 Å². The average molecular weight is 399 g/mol. The first-order valence-corrected chi connectivity index (χ1v) is 9.64. The third kappa shape index (κ3) is 3.92. The number of nitriles is 1. The number of nitrogens with zero attached hydrogens (tertiary/aromatic N) is 4. The van der Waals surface area contributed by atoms with Crippen LogP contribution in [0.15, 0.2) is 28.6 Å². The molecule has 3 aromatic rings. The Kier molecular flexibility index (Phi) is 5.80. The first kappa shape index (κ1) is 19.6. The number of nitrogens with one attached hydrogen (secondary N) is 1. The summed E-state index contributed by atoms with van der Waals surface area (Å²) in [5.41, 5.74) is -0.904. The number of Topliss-reactive ketones (excluding diaryl/α,β-unsaturated/α-hetero) is 1. The molecule has 0 atom stereocenters. The highest BCUT2D eigenvalue weighted by Gasteiger charge is 2.20. The van der Waals surface area contributed by atoms with Crippen molar-refractivity contribution in [2.24, 2.45) is 5.92 Å². The topological polar surface area (TPSA) is 101 Å². The monoisotopic (exact) mass is 399 g/mol. The minimum atomic E-state index is -0.992. The van der Waals surface area contributed by atoms with Crippen molar-refractivity contribution in [1.82, 2.24) is 14.5 Å². The van der Waals surface area contributed by atoms with E-state index in [2.05, 4.69) is 29.1 Å². The molecule has 3 aromatic heterocycles. The van der Waals surface area contributed by atoms with Gasteiger partial charge in [0, 0.05) is 24.3 Å². The molecule has 0 amide bonds. The minimum absolute atomic E-state index is 0.0281. The Morgan fingerprint density at radius 1 is 1.46 bits per heavy atom. The average Bonchev–Trinajstić information content (AvgIpc) is 3.20. The summed E-state index contributed by atoms with van der Waals surface area (Å²) in [6.45, 7) is 4.77. The van der Waals surface area contributed by atoms with Gasteiger partial charge >= 0.3 is 0 Å². The first-order valence-electron chi connectivity index (χ1n) is 8.76. The van der Waals surface area contributed by atoms with E-state index in [4.69, 9.17) is 5.26 Å². The molecule has 0 saturated heterocycles. The molecule has 1 N–H and O–H groups in total. The van der Waals surface area contributed by atoms with Crippen LogP contribution in [0.3, 0.4) is 0 Å². The van der Waals surface area contributed by atoms with Crippen LogP contribution in [0.1, 0.15) is 37.0 Å². The van der Waals surface area contributed by atoms with Gasteiger partial charge in [0.2, 0.25) is 5.43 Å². The van der Waals surface area contributed by atoms with Gasteiger partial charge in [-0.15, -0.1) is 11.3 Å². The Morgan fingerprint density at radius 2 is 2.25 bits per heavy atom. The van der Waals surface area contributed by atoms with Crippen LogP contribution in [0.2, 0.25) is 0 Å². The van der Waals surface area contributed by atoms with E-state index in [1.807, 2.05) is 0 Å². The number of thiazole rings is 1. The van der Waals surface area contributed by atoms with Gasteiger partial charge in [0.25, 0.3) is 5.78 Å². The highest BCUT2D eigenvalue weighted by atomic mass is 32.1. The van der Waals surface area contributed by atoms with Gasteiger partial charge in [-0.25, -0.2) is 14.4 Å². The van der Waals surface area contributed by atoms with Crippen LogP contribution in [0.5, 0.6) is 0 Å². The molecule has 0 saturated carbocycles. The fourth-order valence-electron chi connectivity index (χ4n) is 2.77. The van der Waals surface area contributed by atoms with Crippen LogP contribution in [-0.4, -0.2) is 26.9 Å². The summed E-state index contributed by atoms with van der Waals surface area (Å²) in [5, 5.41) is 14.0. The van der Waals surface area contributed by atoms with Gasteiger partial charge in [0.1, 0.15) is 6.07 Å². The smallest absolute Gasteiger partial charge is 0.267 e. The number of carbonyl (C=O) groups is 1. The lowest BCUT2D eigenvalue weighted by molar-refractivity contribution is 0.105. The number of hydrogen-bond donors (Lipinski definition) is 1. The molecule has 0 aliphatic heterocycles. The lowest BCUT2D eigenvalue weighted by Crippen LogP contribution is -2.19. The van der Waals surface area contributed by atoms with Crippen molar-refractivity contribution in [3.63, 3.8) is 0 Å². The third-order valence-corrected chi connectivity index (χ3v) is 4.92. The Balaban J connectivity index is 2.13. The van der Waals surface area contributed by atoms with Crippen molar-refractivity contribution in [2.75, 3.05) is 11.9 Å². The Bertz CT molecular complexity index is 1120. The number of rotatable bonds is 7. The molecule has 0 bridgehead atoms. The van der Waals surface area contributed by atoms with Crippen molar-refractivity contribution >= 4 is 34.0 Å². The summed E-state index contributed by atoms with van der Waals surface area (Å²) in [5.74, 6) is -1.11. The van der Waals surface area contributed by atoms with Gasteiger partial charge < -0.3 is 5.32 Å². The number of pyridine rings is 2. The number of ketones is 1. The molecule has 7 nitrogen and oxygen atoms in total.